The highest BCUT2D eigenvalue weighted by Crippen LogP contribution is 2.45. The van der Waals surface area contributed by atoms with E-state index in [0.717, 1.165) is 0 Å². The second-order valence-electron chi connectivity index (χ2n) is 8.55. The van der Waals surface area contributed by atoms with E-state index < -0.39 is 0 Å². The minimum Gasteiger partial charge on any atom is -0.201 e. The summed E-state index contributed by atoms with van der Waals surface area (Å²) in [5, 5.41) is 0. The molecule has 1 heteroatoms. The van der Waals surface area contributed by atoms with E-state index in [1.165, 1.54) is 29.7 Å². The maximum absolute atomic E-state index is 2.49. The molecule has 1 aromatic carbocycles. The number of benzene rings is 1. The van der Waals surface area contributed by atoms with Crippen LogP contribution in [0.15, 0.2) is 24.4 Å². The molecule has 0 aliphatic heterocycles. The molecule has 24 heavy (non-hydrogen) atoms. The van der Waals surface area contributed by atoms with Gasteiger partial charge in [0.1, 0.15) is 7.05 Å². The summed E-state index contributed by atoms with van der Waals surface area (Å²) in [6, 6.07) is 7.42. The fourth-order valence-electron chi connectivity index (χ4n) is 5.24. The number of hydrogen-bond donors (Lipinski definition) is 0. The molecular weight excluding hydrogens is 290 g/mol. The molecule has 4 unspecified atom stereocenters. The molecule has 0 N–H and O–H groups in total. The summed E-state index contributed by atoms with van der Waals surface area (Å²) in [6.07, 6.45) is 4.97. The Morgan fingerprint density at radius 2 is 1.25 bits per heavy atom. The van der Waals surface area contributed by atoms with E-state index in [1.807, 2.05) is 0 Å². The van der Waals surface area contributed by atoms with E-state index in [4.69, 9.17) is 0 Å². The molecule has 2 aliphatic carbocycles. The lowest BCUT2D eigenvalue weighted by molar-refractivity contribution is -0.660. The molecule has 0 radical (unpaired) electrons. The monoisotopic (exact) mass is 320 g/mol. The predicted octanol–water partition coefficient (Wildman–Crippen LogP) is 5.71. The number of rotatable bonds is 1. The van der Waals surface area contributed by atoms with Gasteiger partial charge in [-0.05, 0) is 71.8 Å². The van der Waals surface area contributed by atoms with Crippen LogP contribution in [0.3, 0.4) is 0 Å². The zero-order valence-electron chi connectivity index (χ0n) is 16.0. The second-order valence-corrected chi connectivity index (χ2v) is 8.55. The minimum absolute atomic E-state index is 0.684. The van der Waals surface area contributed by atoms with Crippen molar-refractivity contribution in [2.75, 3.05) is 0 Å². The lowest BCUT2D eigenvalue weighted by atomic mass is 9.93. The summed E-state index contributed by atoms with van der Waals surface area (Å²) in [4.78, 5) is 0. The Hall–Kier alpha value is -1.63. The lowest BCUT2D eigenvalue weighted by Gasteiger charge is -2.13. The normalized spacial score (nSPS) is 28.1. The molecule has 126 valence electrons. The fourth-order valence-corrected chi connectivity index (χ4v) is 5.24. The van der Waals surface area contributed by atoms with E-state index in [1.54, 1.807) is 22.3 Å². The molecule has 1 nitrogen and oxygen atoms in total. The first-order valence-corrected chi connectivity index (χ1v) is 9.55. The third-order valence-corrected chi connectivity index (χ3v) is 6.58. The fraction of sp³-hybridized carbons (Fsp3) is 0.522. The first-order chi connectivity index (χ1) is 11.4. The van der Waals surface area contributed by atoms with Gasteiger partial charge in [-0.25, -0.2) is 4.57 Å². The third-order valence-electron chi connectivity index (χ3n) is 6.58. The van der Waals surface area contributed by atoms with Crippen molar-refractivity contribution in [3.8, 4) is 11.3 Å². The van der Waals surface area contributed by atoms with Crippen molar-refractivity contribution in [3.05, 3.63) is 52.2 Å². The highest BCUT2D eigenvalue weighted by molar-refractivity contribution is 5.66. The van der Waals surface area contributed by atoms with Crippen LogP contribution in [-0.2, 0) is 7.05 Å². The molecule has 0 fully saturated rings. The number of nitrogens with zero attached hydrogens (tertiary/aromatic N) is 1. The van der Waals surface area contributed by atoms with Crippen LogP contribution in [0, 0.1) is 6.92 Å². The number of hydrogen-bond acceptors (Lipinski definition) is 0. The zero-order chi connectivity index (χ0) is 17.2. The standard InChI is InChI=1S/C23H30N/c1-13-7-14(2)19-10-21(17(5)9-18(13)19)23-11-20-15(3)8-16(4)22(20)12-24(23)6/h9-16H,7-8H2,1-6H3/q+1. The number of pyridine rings is 1. The smallest absolute Gasteiger partial charge is 0.201 e. The topological polar surface area (TPSA) is 3.88 Å². The van der Waals surface area contributed by atoms with Gasteiger partial charge in [-0.2, -0.15) is 0 Å². The van der Waals surface area contributed by atoms with E-state index >= 15 is 0 Å². The van der Waals surface area contributed by atoms with E-state index in [-0.39, 0.29) is 0 Å². The van der Waals surface area contributed by atoms with Crippen LogP contribution in [-0.4, -0.2) is 0 Å². The number of aryl methyl sites for hydroxylation is 2. The average molecular weight is 321 g/mol. The van der Waals surface area contributed by atoms with Crippen molar-refractivity contribution >= 4 is 0 Å². The first kappa shape index (κ1) is 15.9. The van der Waals surface area contributed by atoms with Crippen LogP contribution in [0.25, 0.3) is 11.3 Å². The van der Waals surface area contributed by atoms with Crippen molar-refractivity contribution in [1.29, 1.82) is 0 Å². The number of fused-ring (bicyclic) bond motifs is 2. The van der Waals surface area contributed by atoms with Gasteiger partial charge in [-0.3, -0.25) is 0 Å². The van der Waals surface area contributed by atoms with Gasteiger partial charge >= 0.3 is 0 Å². The third kappa shape index (κ3) is 2.24. The van der Waals surface area contributed by atoms with Gasteiger partial charge < -0.3 is 0 Å². The highest BCUT2D eigenvalue weighted by atomic mass is 14.9. The van der Waals surface area contributed by atoms with Crippen LogP contribution in [0.5, 0.6) is 0 Å². The summed E-state index contributed by atoms with van der Waals surface area (Å²) in [5.41, 5.74) is 10.5. The Labute approximate surface area is 146 Å². The SMILES string of the molecule is Cc1cc2c(cc1-c1cc3c(c[n+]1C)C(C)CC3C)C(C)CC2C. The van der Waals surface area contributed by atoms with Crippen molar-refractivity contribution < 1.29 is 4.57 Å². The average Bonchev–Trinajstić information content (AvgIpc) is 2.95. The van der Waals surface area contributed by atoms with E-state index in [0.29, 0.717) is 23.7 Å². The molecule has 0 amide bonds. The minimum atomic E-state index is 0.684. The molecule has 2 aromatic rings. The Kier molecular flexibility index (Phi) is 3.60. The summed E-state index contributed by atoms with van der Waals surface area (Å²) >= 11 is 0. The summed E-state index contributed by atoms with van der Waals surface area (Å²) in [6.45, 7) is 11.8. The Morgan fingerprint density at radius 1 is 0.750 bits per heavy atom. The second kappa shape index (κ2) is 5.44. The summed E-state index contributed by atoms with van der Waals surface area (Å²) in [5.74, 6) is 2.77. The predicted molar refractivity (Wildman–Crippen MR) is 101 cm³/mol. The van der Waals surface area contributed by atoms with Crippen molar-refractivity contribution in [1.82, 2.24) is 0 Å². The quantitative estimate of drug-likeness (QED) is 0.593. The molecule has 0 spiro atoms. The molecule has 0 saturated carbocycles. The van der Waals surface area contributed by atoms with Crippen LogP contribution in [0.4, 0.5) is 0 Å². The maximum Gasteiger partial charge on any atom is 0.212 e. The van der Waals surface area contributed by atoms with Crippen LogP contribution in [0.1, 0.15) is 92.0 Å². The highest BCUT2D eigenvalue weighted by Gasteiger charge is 2.31. The first-order valence-electron chi connectivity index (χ1n) is 9.55. The summed E-state index contributed by atoms with van der Waals surface area (Å²) in [7, 11) is 2.21. The summed E-state index contributed by atoms with van der Waals surface area (Å²) < 4.78 is 2.35. The van der Waals surface area contributed by atoms with Crippen molar-refractivity contribution in [2.24, 2.45) is 7.05 Å². The lowest BCUT2D eigenvalue weighted by Crippen LogP contribution is -2.32. The molecule has 4 atom stereocenters. The van der Waals surface area contributed by atoms with Crippen LogP contribution >= 0.6 is 0 Å². The zero-order valence-corrected chi connectivity index (χ0v) is 16.0. The van der Waals surface area contributed by atoms with Gasteiger partial charge in [-0.15, -0.1) is 0 Å². The molecule has 2 aliphatic rings. The maximum atomic E-state index is 2.49. The van der Waals surface area contributed by atoms with Gasteiger partial charge in [0.2, 0.25) is 5.69 Å². The largest absolute Gasteiger partial charge is 0.212 e. The van der Waals surface area contributed by atoms with Gasteiger partial charge in [0.25, 0.3) is 0 Å². The Morgan fingerprint density at radius 3 is 1.88 bits per heavy atom. The van der Waals surface area contributed by atoms with E-state index in [2.05, 4.69) is 70.6 Å². The Balaban J connectivity index is 1.89. The van der Waals surface area contributed by atoms with Gasteiger partial charge in [-0.1, -0.05) is 33.8 Å². The van der Waals surface area contributed by atoms with Gasteiger partial charge in [0.15, 0.2) is 6.20 Å². The molecule has 0 saturated heterocycles. The molecule has 1 heterocycles. The molecule has 1 aromatic heterocycles. The Bertz CT molecular complexity index is 748. The molecule has 0 bridgehead atoms. The van der Waals surface area contributed by atoms with E-state index in [9.17, 15) is 0 Å². The van der Waals surface area contributed by atoms with Gasteiger partial charge in [0, 0.05) is 17.2 Å². The van der Waals surface area contributed by atoms with Gasteiger partial charge in [0.05, 0.1) is 0 Å². The van der Waals surface area contributed by atoms with Crippen LogP contribution in [0.2, 0.25) is 0 Å². The van der Waals surface area contributed by atoms with Crippen LogP contribution < -0.4 is 4.57 Å². The van der Waals surface area contributed by atoms with Crippen molar-refractivity contribution in [2.45, 2.75) is 71.1 Å². The molecular formula is C23H30N+. The van der Waals surface area contributed by atoms with Crippen molar-refractivity contribution in [3.63, 3.8) is 0 Å². The number of aromatic nitrogens is 1. The molecule has 4 rings (SSSR count).